The molecule has 20 heavy (non-hydrogen) atoms. The van der Waals surface area contributed by atoms with E-state index in [1.807, 2.05) is 0 Å². The monoisotopic (exact) mass is 275 g/mol. The molecule has 0 aromatic heterocycles. The summed E-state index contributed by atoms with van der Waals surface area (Å²) in [4.78, 5) is 13.7. The van der Waals surface area contributed by atoms with Crippen molar-refractivity contribution in [3.8, 4) is 0 Å². The molecule has 0 aliphatic rings. The van der Waals surface area contributed by atoms with Crippen molar-refractivity contribution in [2.75, 3.05) is 13.6 Å². The first-order chi connectivity index (χ1) is 9.54. The molecule has 0 bridgehead atoms. The van der Waals surface area contributed by atoms with E-state index in [0.717, 1.165) is 5.56 Å². The van der Waals surface area contributed by atoms with Gasteiger partial charge < -0.3 is 0 Å². The molecule has 0 unspecified atom stereocenters. The lowest BCUT2D eigenvalue weighted by molar-refractivity contribution is 0.0942. The van der Waals surface area contributed by atoms with Crippen molar-refractivity contribution in [1.82, 2.24) is 4.90 Å². The van der Waals surface area contributed by atoms with Crippen molar-refractivity contribution in [1.29, 1.82) is 0 Å². The molecule has 0 atom stereocenters. The Morgan fingerprint density at radius 1 is 1.05 bits per heavy atom. The normalized spacial score (nSPS) is 10.8. The van der Waals surface area contributed by atoms with Crippen molar-refractivity contribution in [3.05, 3.63) is 71.3 Å². The van der Waals surface area contributed by atoms with Crippen LogP contribution in [0.1, 0.15) is 15.9 Å². The van der Waals surface area contributed by atoms with Crippen LogP contribution in [0.4, 0.5) is 8.78 Å². The van der Waals surface area contributed by atoms with E-state index in [4.69, 9.17) is 0 Å². The number of ketones is 1. The molecule has 104 valence electrons. The maximum absolute atomic E-state index is 13.1. The summed E-state index contributed by atoms with van der Waals surface area (Å²) in [5, 5.41) is 0. The van der Waals surface area contributed by atoms with Gasteiger partial charge in [0.25, 0.3) is 0 Å². The quantitative estimate of drug-likeness (QED) is 0.780. The Balaban J connectivity index is 1.97. The Kier molecular flexibility index (Phi) is 4.58. The first kappa shape index (κ1) is 14.3. The van der Waals surface area contributed by atoms with Crippen LogP contribution in [0.15, 0.2) is 48.5 Å². The van der Waals surface area contributed by atoms with Gasteiger partial charge in [-0.1, -0.05) is 24.3 Å². The van der Waals surface area contributed by atoms with Crippen LogP contribution in [0.2, 0.25) is 0 Å². The molecule has 0 fully saturated rings. The number of benzene rings is 2. The molecule has 2 aromatic rings. The molecule has 0 saturated heterocycles. The lowest BCUT2D eigenvalue weighted by Gasteiger charge is -2.16. The topological polar surface area (TPSA) is 20.3 Å². The Labute approximate surface area is 116 Å². The summed E-state index contributed by atoms with van der Waals surface area (Å²) < 4.78 is 26.1. The van der Waals surface area contributed by atoms with Crippen LogP contribution in [-0.4, -0.2) is 24.3 Å². The van der Waals surface area contributed by atoms with Crippen LogP contribution in [-0.2, 0) is 6.54 Å². The first-order valence-corrected chi connectivity index (χ1v) is 6.26. The van der Waals surface area contributed by atoms with E-state index in [-0.39, 0.29) is 18.1 Å². The lowest BCUT2D eigenvalue weighted by atomic mass is 10.1. The fraction of sp³-hybridized carbons (Fsp3) is 0.188. The number of rotatable bonds is 5. The number of nitrogens with zero attached hydrogens (tertiary/aromatic N) is 1. The molecule has 0 amide bonds. The molecule has 0 spiro atoms. The summed E-state index contributed by atoms with van der Waals surface area (Å²) in [6, 6.07) is 11.9. The minimum Gasteiger partial charge on any atom is -0.295 e. The summed E-state index contributed by atoms with van der Waals surface area (Å²) in [5.74, 6) is -0.889. The molecular formula is C16H15F2NO. The van der Waals surface area contributed by atoms with E-state index in [1.54, 1.807) is 30.1 Å². The third-order valence-electron chi connectivity index (χ3n) is 2.90. The molecule has 2 nitrogen and oxygen atoms in total. The van der Waals surface area contributed by atoms with Crippen molar-refractivity contribution < 1.29 is 13.6 Å². The zero-order valence-corrected chi connectivity index (χ0v) is 11.1. The number of carbonyl (C=O) groups excluding carboxylic acids is 1. The van der Waals surface area contributed by atoms with Crippen molar-refractivity contribution in [3.63, 3.8) is 0 Å². The number of hydrogen-bond acceptors (Lipinski definition) is 2. The van der Waals surface area contributed by atoms with E-state index in [2.05, 4.69) is 0 Å². The summed E-state index contributed by atoms with van der Waals surface area (Å²) in [5.41, 5.74) is 1.13. The van der Waals surface area contributed by atoms with Gasteiger partial charge in [-0.2, -0.15) is 0 Å². The second-order valence-electron chi connectivity index (χ2n) is 4.74. The lowest BCUT2D eigenvalue weighted by Crippen LogP contribution is -2.25. The number of carbonyl (C=O) groups is 1. The zero-order valence-electron chi connectivity index (χ0n) is 11.1. The average molecular weight is 275 g/mol. The van der Waals surface area contributed by atoms with Crippen LogP contribution in [0, 0.1) is 11.6 Å². The Hall–Kier alpha value is -2.07. The molecule has 2 rings (SSSR count). The van der Waals surface area contributed by atoms with Crippen molar-refractivity contribution >= 4 is 5.78 Å². The third kappa shape index (κ3) is 3.96. The highest BCUT2D eigenvalue weighted by atomic mass is 19.1. The van der Waals surface area contributed by atoms with Crippen LogP contribution in [0.5, 0.6) is 0 Å². The highest BCUT2D eigenvalue weighted by Crippen LogP contribution is 2.08. The van der Waals surface area contributed by atoms with Gasteiger partial charge in [0.2, 0.25) is 0 Å². The largest absolute Gasteiger partial charge is 0.295 e. The molecule has 4 heteroatoms. The minimum atomic E-state index is -0.427. The Bertz CT molecular complexity index is 613. The maximum Gasteiger partial charge on any atom is 0.176 e. The van der Waals surface area contributed by atoms with Crippen LogP contribution < -0.4 is 0 Å². The molecule has 0 aliphatic heterocycles. The van der Waals surface area contributed by atoms with Crippen molar-refractivity contribution in [2.24, 2.45) is 0 Å². The third-order valence-corrected chi connectivity index (χ3v) is 2.90. The molecular weight excluding hydrogens is 260 g/mol. The van der Waals surface area contributed by atoms with Gasteiger partial charge in [0.05, 0.1) is 6.54 Å². The second kappa shape index (κ2) is 6.39. The van der Waals surface area contributed by atoms with Gasteiger partial charge in [-0.25, -0.2) is 8.78 Å². The highest BCUT2D eigenvalue weighted by Gasteiger charge is 2.10. The van der Waals surface area contributed by atoms with E-state index in [9.17, 15) is 13.6 Å². The smallest absolute Gasteiger partial charge is 0.176 e. The Morgan fingerprint density at radius 2 is 1.70 bits per heavy atom. The number of likely N-dealkylation sites (N-methyl/N-ethyl adjacent to an activating group) is 1. The standard InChI is InChI=1S/C16H15F2NO/c1-19(10-12-4-2-6-14(17)8-12)11-16(20)13-5-3-7-15(18)9-13/h2-9H,10-11H2,1H3. The van der Waals surface area contributed by atoms with Gasteiger partial charge >= 0.3 is 0 Å². The van der Waals surface area contributed by atoms with E-state index in [1.165, 1.54) is 30.3 Å². The van der Waals surface area contributed by atoms with Crippen LogP contribution in [0.3, 0.4) is 0 Å². The van der Waals surface area contributed by atoms with E-state index in [0.29, 0.717) is 12.1 Å². The maximum atomic E-state index is 13.1. The number of Topliss-reactive ketones (excluding diaryl/α,β-unsaturated/α-hetero) is 1. The molecule has 2 aromatic carbocycles. The second-order valence-corrected chi connectivity index (χ2v) is 4.74. The molecule has 0 saturated carbocycles. The van der Waals surface area contributed by atoms with Crippen LogP contribution >= 0.6 is 0 Å². The molecule has 0 aliphatic carbocycles. The molecule has 0 radical (unpaired) electrons. The fourth-order valence-electron chi connectivity index (χ4n) is 2.00. The first-order valence-electron chi connectivity index (χ1n) is 6.26. The minimum absolute atomic E-state index is 0.153. The van der Waals surface area contributed by atoms with Gasteiger partial charge in [-0.15, -0.1) is 0 Å². The van der Waals surface area contributed by atoms with E-state index >= 15 is 0 Å². The van der Waals surface area contributed by atoms with Crippen molar-refractivity contribution in [2.45, 2.75) is 6.54 Å². The summed E-state index contributed by atoms with van der Waals surface area (Å²) >= 11 is 0. The summed E-state index contributed by atoms with van der Waals surface area (Å²) in [7, 11) is 1.77. The van der Waals surface area contributed by atoms with E-state index < -0.39 is 5.82 Å². The van der Waals surface area contributed by atoms with Crippen LogP contribution in [0.25, 0.3) is 0 Å². The predicted molar refractivity (Wildman–Crippen MR) is 73.5 cm³/mol. The van der Waals surface area contributed by atoms with Gasteiger partial charge in [0.1, 0.15) is 11.6 Å². The summed E-state index contributed by atoms with van der Waals surface area (Å²) in [6.07, 6.45) is 0. The molecule has 0 N–H and O–H groups in total. The van der Waals surface area contributed by atoms with Gasteiger partial charge in [-0.05, 0) is 36.9 Å². The average Bonchev–Trinajstić information content (AvgIpc) is 2.38. The predicted octanol–water partition coefficient (Wildman–Crippen LogP) is 3.28. The molecule has 0 heterocycles. The zero-order chi connectivity index (χ0) is 14.5. The number of halogens is 2. The SMILES string of the molecule is CN(CC(=O)c1cccc(F)c1)Cc1cccc(F)c1. The Morgan fingerprint density at radius 3 is 2.35 bits per heavy atom. The summed E-state index contributed by atoms with van der Waals surface area (Å²) in [6.45, 7) is 0.610. The highest BCUT2D eigenvalue weighted by molar-refractivity contribution is 5.97. The van der Waals surface area contributed by atoms with Gasteiger partial charge in [0, 0.05) is 12.1 Å². The fourth-order valence-corrected chi connectivity index (χ4v) is 2.00. The van der Waals surface area contributed by atoms with Gasteiger partial charge in [-0.3, -0.25) is 9.69 Å². The number of hydrogen-bond donors (Lipinski definition) is 0. The van der Waals surface area contributed by atoms with Gasteiger partial charge in [0.15, 0.2) is 5.78 Å².